The van der Waals surface area contributed by atoms with Crippen molar-refractivity contribution in [3.8, 4) is 22.8 Å². The molecule has 204 valence electrons. The highest BCUT2D eigenvalue weighted by Gasteiger charge is 2.31. The van der Waals surface area contributed by atoms with Crippen molar-refractivity contribution in [2.75, 3.05) is 18.8 Å². The summed E-state index contributed by atoms with van der Waals surface area (Å²) in [5.74, 6) is 0.290. The third-order valence-electron chi connectivity index (χ3n) is 6.63. The summed E-state index contributed by atoms with van der Waals surface area (Å²) in [6.45, 7) is 14.3. The van der Waals surface area contributed by atoms with Gasteiger partial charge < -0.3 is 15.4 Å². The fraction of sp³-hybridized carbons (Fsp3) is 0.300. The summed E-state index contributed by atoms with van der Waals surface area (Å²) in [4.78, 5) is 27.0. The molecule has 2 N–H and O–H groups in total. The fourth-order valence-electron chi connectivity index (χ4n) is 4.87. The summed E-state index contributed by atoms with van der Waals surface area (Å²) in [7, 11) is 0. The number of fused-ring (bicyclic) bond motifs is 1. The Bertz CT molecular complexity index is 1630. The van der Waals surface area contributed by atoms with Crippen LogP contribution in [-0.4, -0.2) is 43.6 Å². The lowest BCUT2D eigenvalue weighted by atomic mass is 9.95. The van der Waals surface area contributed by atoms with Crippen LogP contribution in [0.15, 0.2) is 66.6 Å². The number of amides is 1. The maximum atomic E-state index is 15.5. The van der Waals surface area contributed by atoms with E-state index in [-0.39, 0.29) is 34.4 Å². The van der Waals surface area contributed by atoms with Gasteiger partial charge in [0, 0.05) is 24.7 Å². The standard InChI is InChI=1S/C30H30FN7O2/c1-30(2,3)16-24(33-4)29(39)37-14-8-9-19(17-37)38-28-25(27(32)34-18-35-28)26(36-38)22-13-12-21(15-23(22)31)40-20-10-6-5-7-11-20/h5-7,10-13,15-16,18-19H,8-9,14,17H2,1-3H3,(H2,32,34,35)/b24-16-. The molecule has 9 nitrogen and oxygen atoms in total. The van der Waals surface area contributed by atoms with Crippen LogP contribution < -0.4 is 10.5 Å². The number of anilines is 1. The lowest BCUT2D eigenvalue weighted by Gasteiger charge is -2.33. The third kappa shape index (κ3) is 5.50. The Morgan fingerprint density at radius 1 is 1.18 bits per heavy atom. The molecule has 1 fully saturated rings. The normalized spacial score (nSPS) is 16.1. The van der Waals surface area contributed by atoms with Crippen molar-refractivity contribution in [1.82, 2.24) is 24.6 Å². The van der Waals surface area contributed by atoms with E-state index in [0.29, 0.717) is 47.7 Å². The average molecular weight is 540 g/mol. The predicted octanol–water partition coefficient (Wildman–Crippen LogP) is 6.02. The van der Waals surface area contributed by atoms with Crippen molar-refractivity contribution >= 4 is 22.8 Å². The Morgan fingerprint density at radius 3 is 2.65 bits per heavy atom. The molecule has 1 amide bonds. The monoisotopic (exact) mass is 539 g/mol. The van der Waals surface area contributed by atoms with Crippen molar-refractivity contribution in [2.24, 2.45) is 5.41 Å². The van der Waals surface area contributed by atoms with Gasteiger partial charge in [0.05, 0.1) is 18.0 Å². The SMILES string of the molecule is [C-]#[N+]/C(=C\C(C)(C)C)C(=O)N1CCCC(n2nc(-c3ccc(Oc4ccccc4)cc3F)c3c(N)ncnc32)C1. The number of aromatic nitrogens is 4. The molecule has 0 aliphatic carbocycles. The van der Waals surface area contributed by atoms with E-state index in [9.17, 15) is 4.79 Å². The quantitative estimate of drug-likeness (QED) is 0.246. The second-order valence-electron chi connectivity index (χ2n) is 10.9. The van der Waals surface area contributed by atoms with Crippen LogP contribution in [0.3, 0.4) is 0 Å². The number of likely N-dealkylation sites (tertiary alicyclic amines) is 1. The first-order valence-electron chi connectivity index (χ1n) is 13.1. The zero-order valence-electron chi connectivity index (χ0n) is 22.6. The number of nitrogen functional groups attached to an aromatic ring is 1. The van der Waals surface area contributed by atoms with Crippen LogP contribution in [0.4, 0.5) is 10.2 Å². The first-order chi connectivity index (χ1) is 19.1. The fourth-order valence-corrected chi connectivity index (χ4v) is 4.87. The molecule has 3 heterocycles. The minimum atomic E-state index is -0.530. The molecule has 1 unspecified atom stereocenters. The number of benzene rings is 2. The number of halogens is 1. The maximum absolute atomic E-state index is 15.5. The first kappa shape index (κ1) is 26.8. The van der Waals surface area contributed by atoms with Gasteiger partial charge in [0.1, 0.15) is 35.2 Å². The molecule has 40 heavy (non-hydrogen) atoms. The van der Waals surface area contributed by atoms with E-state index < -0.39 is 5.82 Å². The number of allylic oxidation sites excluding steroid dienone is 1. The molecule has 2 aromatic heterocycles. The Morgan fingerprint density at radius 2 is 1.95 bits per heavy atom. The maximum Gasteiger partial charge on any atom is 0.252 e. The van der Waals surface area contributed by atoms with Crippen LogP contribution in [0.1, 0.15) is 39.7 Å². The van der Waals surface area contributed by atoms with Crippen LogP contribution in [0.5, 0.6) is 11.5 Å². The predicted molar refractivity (Wildman–Crippen MR) is 151 cm³/mol. The van der Waals surface area contributed by atoms with E-state index in [1.165, 1.54) is 12.4 Å². The average Bonchev–Trinajstić information content (AvgIpc) is 3.32. The molecule has 0 radical (unpaired) electrons. The number of ether oxygens (including phenoxy) is 1. The van der Waals surface area contributed by atoms with Crippen LogP contribution in [-0.2, 0) is 4.79 Å². The first-order valence-corrected chi connectivity index (χ1v) is 13.1. The highest BCUT2D eigenvalue weighted by Crippen LogP contribution is 2.36. The van der Waals surface area contributed by atoms with Gasteiger partial charge >= 0.3 is 0 Å². The second-order valence-corrected chi connectivity index (χ2v) is 10.9. The van der Waals surface area contributed by atoms with Crippen molar-refractivity contribution in [3.63, 3.8) is 0 Å². The third-order valence-corrected chi connectivity index (χ3v) is 6.63. The minimum absolute atomic E-state index is 0.102. The Kier molecular flexibility index (Phi) is 7.22. The van der Waals surface area contributed by atoms with Crippen molar-refractivity contribution < 1.29 is 13.9 Å². The number of rotatable bonds is 5. The Labute approximate surface area is 231 Å². The largest absolute Gasteiger partial charge is 0.457 e. The molecule has 0 spiro atoms. The van der Waals surface area contributed by atoms with E-state index in [0.717, 1.165) is 6.42 Å². The molecule has 5 rings (SSSR count). The van der Waals surface area contributed by atoms with Crippen LogP contribution in [0, 0.1) is 17.8 Å². The lowest BCUT2D eigenvalue weighted by molar-refractivity contribution is -0.128. The molecule has 1 atom stereocenters. The highest BCUT2D eigenvalue weighted by molar-refractivity contribution is 5.98. The van der Waals surface area contributed by atoms with Crippen molar-refractivity contribution in [3.05, 3.63) is 83.9 Å². The molecule has 0 saturated carbocycles. The molecular formula is C30H30FN7O2. The number of carbonyl (C=O) groups excluding carboxylic acids is 1. The highest BCUT2D eigenvalue weighted by atomic mass is 19.1. The summed E-state index contributed by atoms with van der Waals surface area (Å²) < 4.78 is 23.0. The topological polar surface area (TPSA) is 104 Å². The molecular weight excluding hydrogens is 509 g/mol. The van der Waals surface area contributed by atoms with E-state index >= 15 is 4.39 Å². The van der Waals surface area contributed by atoms with Gasteiger partial charge in [-0.05, 0) is 42.5 Å². The van der Waals surface area contributed by atoms with Crippen LogP contribution in [0.25, 0.3) is 27.1 Å². The Hall–Kier alpha value is -4.78. The van der Waals surface area contributed by atoms with E-state index in [2.05, 4.69) is 14.8 Å². The van der Waals surface area contributed by atoms with Gasteiger partial charge in [0.2, 0.25) is 5.70 Å². The van der Waals surface area contributed by atoms with Gasteiger partial charge in [0.15, 0.2) is 5.65 Å². The van der Waals surface area contributed by atoms with Crippen molar-refractivity contribution in [1.29, 1.82) is 0 Å². The summed E-state index contributed by atoms with van der Waals surface area (Å²) >= 11 is 0. The summed E-state index contributed by atoms with van der Waals surface area (Å²) in [6, 6.07) is 13.5. The van der Waals surface area contributed by atoms with Gasteiger partial charge in [-0.25, -0.2) is 23.9 Å². The van der Waals surface area contributed by atoms with Gasteiger partial charge in [-0.15, -0.1) is 0 Å². The molecule has 1 saturated heterocycles. The minimum Gasteiger partial charge on any atom is -0.457 e. The molecule has 1 aliphatic rings. The smallest absolute Gasteiger partial charge is 0.252 e. The van der Waals surface area contributed by atoms with E-state index in [4.69, 9.17) is 22.1 Å². The van der Waals surface area contributed by atoms with E-state index in [1.54, 1.807) is 39.9 Å². The van der Waals surface area contributed by atoms with Crippen molar-refractivity contribution in [2.45, 2.75) is 39.7 Å². The molecule has 0 bridgehead atoms. The number of para-hydroxylation sites is 1. The number of nitrogens with zero attached hydrogens (tertiary/aromatic N) is 6. The second kappa shape index (κ2) is 10.8. The van der Waals surface area contributed by atoms with Gasteiger partial charge in [-0.3, -0.25) is 4.79 Å². The van der Waals surface area contributed by atoms with E-state index in [1.807, 2.05) is 39.0 Å². The summed E-state index contributed by atoms with van der Waals surface area (Å²) in [5, 5.41) is 5.22. The van der Waals surface area contributed by atoms with Gasteiger partial charge in [-0.1, -0.05) is 45.0 Å². The van der Waals surface area contributed by atoms with Crippen LogP contribution in [0.2, 0.25) is 0 Å². The number of carbonyl (C=O) groups is 1. The molecule has 1 aliphatic heterocycles. The molecule has 4 aromatic rings. The zero-order valence-corrected chi connectivity index (χ0v) is 22.6. The number of hydrogen-bond donors (Lipinski definition) is 1. The summed E-state index contributed by atoms with van der Waals surface area (Å²) in [5.41, 5.74) is 7.06. The zero-order chi connectivity index (χ0) is 28.4. The number of nitrogens with two attached hydrogens (primary N) is 1. The molecule has 2 aromatic carbocycles. The van der Waals surface area contributed by atoms with Crippen LogP contribution >= 0.6 is 0 Å². The van der Waals surface area contributed by atoms with Gasteiger partial charge in [-0.2, -0.15) is 5.10 Å². The number of hydrogen-bond acceptors (Lipinski definition) is 6. The number of piperidine rings is 1. The molecule has 10 heteroatoms. The van der Waals surface area contributed by atoms with Gasteiger partial charge in [0.25, 0.3) is 5.91 Å². The lowest BCUT2D eigenvalue weighted by Crippen LogP contribution is -2.41. The Balaban J connectivity index is 1.49. The summed E-state index contributed by atoms with van der Waals surface area (Å²) in [6.07, 6.45) is 4.50.